The summed E-state index contributed by atoms with van der Waals surface area (Å²) in [6.45, 7) is 2.59. The fourth-order valence-corrected chi connectivity index (χ4v) is 1.82. The molecular weight excluding hydrogens is 245 g/mol. The van der Waals surface area contributed by atoms with E-state index in [0.29, 0.717) is 16.6 Å². The van der Waals surface area contributed by atoms with E-state index in [0.717, 1.165) is 16.8 Å². The second-order valence-electron chi connectivity index (χ2n) is 3.57. The van der Waals surface area contributed by atoms with Gasteiger partial charge in [-0.05, 0) is 30.7 Å². The summed E-state index contributed by atoms with van der Waals surface area (Å²) >= 11 is 12.1. The van der Waals surface area contributed by atoms with E-state index in [-0.39, 0.29) is 0 Å². The Labute approximate surface area is 104 Å². The molecule has 1 N–H and O–H groups in total. The zero-order chi connectivity index (χ0) is 11.5. The Balaban J connectivity index is 2.12. The maximum Gasteiger partial charge on any atom is 0.0952 e. The summed E-state index contributed by atoms with van der Waals surface area (Å²) in [6, 6.07) is 5.58. The van der Waals surface area contributed by atoms with Crippen molar-refractivity contribution in [3.63, 3.8) is 0 Å². The molecule has 2 aromatic rings. The lowest BCUT2D eigenvalue weighted by Crippen LogP contribution is -1.99. The SMILES string of the molecule is Cc1cc(Cl)c(NCc2ccoc2)cc1Cl. The van der Waals surface area contributed by atoms with E-state index >= 15 is 0 Å². The lowest BCUT2D eigenvalue weighted by atomic mass is 10.2. The second kappa shape index (κ2) is 4.81. The molecular formula is C12H11Cl2NO. The summed E-state index contributed by atoms with van der Waals surface area (Å²) < 4.78 is 4.98. The van der Waals surface area contributed by atoms with Crippen molar-refractivity contribution in [2.24, 2.45) is 0 Å². The first kappa shape index (κ1) is 11.4. The number of furan rings is 1. The third-order valence-corrected chi connectivity index (χ3v) is 3.03. The molecule has 84 valence electrons. The monoisotopic (exact) mass is 255 g/mol. The van der Waals surface area contributed by atoms with E-state index < -0.39 is 0 Å². The van der Waals surface area contributed by atoms with Crippen LogP contribution in [0.5, 0.6) is 0 Å². The normalized spacial score (nSPS) is 10.4. The molecule has 0 bridgehead atoms. The molecule has 0 amide bonds. The minimum atomic E-state index is 0.662. The Morgan fingerprint density at radius 3 is 2.75 bits per heavy atom. The molecule has 16 heavy (non-hydrogen) atoms. The summed E-state index contributed by atoms with van der Waals surface area (Å²) in [4.78, 5) is 0. The number of aryl methyl sites for hydroxylation is 1. The van der Waals surface area contributed by atoms with E-state index in [1.807, 2.05) is 25.1 Å². The third kappa shape index (κ3) is 2.52. The highest BCUT2D eigenvalue weighted by Crippen LogP contribution is 2.29. The minimum absolute atomic E-state index is 0.662. The molecule has 0 spiro atoms. The van der Waals surface area contributed by atoms with Crippen LogP contribution in [0.1, 0.15) is 11.1 Å². The van der Waals surface area contributed by atoms with Gasteiger partial charge in [0.2, 0.25) is 0 Å². The fraction of sp³-hybridized carbons (Fsp3) is 0.167. The number of hydrogen-bond acceptors (Lipinski definition) is 2. The molecule has 1 aromatic carbocycles. The number of nitrogens with one attached hydrogen (secondary N) is 1. The molecule has 0 radical (unpaired) electrons. The summed E-state index contributed by atoms with van der Waals surface area (Å²) in [6.07, 6.45) is 3.33. The van der Waals surface area contributed by atoms with Gasteiger partial charge < -0.3 is 9.73 Å². The first-order valence-corrected chi connectivity index (χ1v) is 5.63. The van der Waals surface area contributed by atoms with Gasteiger partial charge in [-0.1, -0.05) is 23.2 Å². The van der Waals surface area contributed by atoms with Gasteiger partial charge in [-0.2, -0.15) is 0 Å². The van der Waals surface area contributed by atoms with Gasteiger partial charge in [0.15, 0.2) is 0 Å². The predicted octanol–water partition coefficient (Wildman–Crippen LogP) is 4.51. The van der Waals surface area contributed by atoms with Gasteiger partial charge in [-0.3, -0.25) is 0 Å². The average molecular weight is 256 g/mol. The number of benzene rings is 1. The molecule has 4 heteroatoms. The molecule has 0 saturated heterocycles. The highest BCUT2D eigenvalue weighted by atomic mass is 35.5. The lowest BCUT2D eigenvalue weighted by Gasteiger charge is -2.09. The number of hydrogen-bond donors (Lipinski definition) is 1. The third-order valence-electron chi connectivity index (χ3n) is 2.31. The molecule has 0 aliphatic rings. The topological polar surface area (TPSA) is 25.2 Å². The van der Waals surface area contributed by atoms with Crippen molar-refractivity contribution >= 4 is 28.9 Å². The van der Waals surface area contributed by atoms with Crippen molar-refractivity contribution in [1.29, 1.82) is 0 Å². The summed E-state index contributed by atoms with van der Waals surface area (Å²) in [5.74, 6) is 0. The number of anilines is 1. The highest BCUT2D eigenvalue weighted by Gasteiger charge is 2.04. The molecule has 2 rings (SSSR count). The fourth-order valence-electron chi connectivity index (χ4n) is 1.37. The maximum absolute atomic E-state index is 6.10. The van der Waals surface area contributed by atoms with Gasteiger partial charge in [0, 0.05) is 17.1 Å². The molecule has 0 saturated carbocycles. The van der Waals surface area contributed by atoms with Crippen molar-refractivity contribution in [2.45, 2.75) is 13.5 Å². The average Bonchev–Trinajstić information content (AvgIpc) is 2.74. The van der Waals surface area contributed by atoms with E-state index in [4.69, 9.17) is 27.6 Å². The summed E-state index contributed by atoms with van der Waals surface area (Å²) in [7, 11) is 0. The predicted molar refractivity (Wildman–Crippen MR) is 67.2 cm³/mol. The molecule has 2 nitrogen and oxygen atoms in total. The summed E-state index contributed by atoms with van der Waals surface area (Å²) in [5, 5.41) is 4.59. The molecule has 1 heterocycles. The highest BCUT2D eigenvalue weighted by molar-refractivity contribution is 6.35. The van der Waals surface area contributed by atoms with E-state index in [2.05, 4.69) is 5.32 Å². The van der Waals surface area contributed by atoms with Crippen molar-refractivity contribution in [2.75, 3.05) is 5.32 Å². The number of halogens is 2. The Kier molecular flexibility index (Phi) is 3.42. The van der Waals surface area contributed by atoms with Crippen molar-refractivity contribution < 1.29 is 4.42 Å². The first-order chi connectivity index (χ1) is 7.66. The quantitative estimate of drug-likeness (QED) is 0.874. The second-order valence-corrected chi connectivity index (χ2v) is 4.38. The zero-order valence-corrected chi connectivity index (χ0v) is 10.3. The van der Waals surface area contributed by atoms with Crippen LogP contribution >= 0.6 is 23.2 Å². The molecule has 0 aliphatic heterocycles. The molecule has 0 atom stereocenters. The first-order valence-electron chi connectivity index (χ1n) is 4.87. The van der Waals surface area contributed by atoms with Crippen LogP contribution in [0.25, 0.3) is 0 Å². The van der Waals surface area contributed by atoms with E-state index in [1.54, 1.807) is 12.5 Å². The van der Waals surface area contributed by atoms with Crippen molar-refractivity contribution in [3.05, 3.63) is 51.9 Å². The van der Waals surface area contributed by atoms with Crippen molar-refractivity contribution in [3.8, 4) is 0 Å². The van der Waals surface area contributed by atoms with E-state index in [1.165, 1.54) is 0 Å². The Morgan fingerprint density at radius 1 is 1.25 bits per heavy atom. The van der Waals surface area contributed by atoms with Crippen LogP contribution in [0, 0.1) is 6.92 Å². The minimum Gasteiger partial charge on any atom is -0.472 e. The molecule has 0 unspecified atom stereocenters. The van der Waals surface area contributed by atoms with Crippen molar-refractivity contribution in [1.82, 2.24) is 0 Å². The standard InChI is InChI=1S/C12H11Cl2NO/c1-8-4-11(14)12(5-10(8)13)15-6-9-2-3-16-7-9/h2-5,7,15H,6H2,1H3. The van der Waals surface area contributed by atoms with Crippen LogP contribution in [-0.2, 0) is 6.54 Å². The van der Waals surface area contributed by atoms with Gasteiger partial charge in [-0.25, -0.2) is 0 Å². The van der Waals surface area contributed by atoms with Gasteiger partial charge in [0.05, 0.1) is 23.2 Å². The molecule has 0 aliphatic carbocycles. The van der Waals surface area contributed by atoms with Gasteiger partial charge in [-0.15, -0.1) is 0 Å². The lowest BCUT2D eigenvalue weighted by molar-refractivity contribution is 0.564. The van der Waals surface area contributed by atoms with Crippen LogP contribution in [0.2, 0.25) is 10.0 Å². The van der Waals surface area contributed by atoms with Crippen LogP contribution in [0.4, 0.5) is 5.69 Å². The Morgan fingerprint density at radius 2 is 2.06 bits per heavy atom. The molecule has 0 fully saturated rings. The Hall–Kier alpha value is -1.12. The zero-order valence-electron chi connectivity index (χ0n) is 8.76. The van der Waals surface area contributed by atoms with Crippen LogP contribution in [0.3, 0.4) is 0 Å². The summed E-state index contributed by atoms with van der Waals surface area (Å²) in [5.41, 5.74) is 2.87. The number of rotatable bonds is 3. The Bertz CT molecular complexity index is 480. The molecule has 1 aromatic heterocycles. The maximum atomic E-state index is 6.10. The van der Waals surface area contributed by atoms with Gasteiger partial charge in [0.25, 0.3) is 0 Å². The smallest absolute Gasteiger partial charge is 0.0952 e. The van der Waals surface area contributed by atoms with Gasteiger partial charge in [0.1, 0.15) is 0 Å². The van der Waals surface area contributed by atoms with E-state index in [9.17, 15) is 0 Å². The van der Waals surface area contributed by atoms with Crippen LogP contribution in [0.15, 0.2) is 35.1 Å². The largest absolute Gasteiger partial charge is 0.472 e. The van der Waals surface area contributed by atoms with Gasteiger partial charge >= 0.3 is 0 Å². The van der Waals surface area contributed by atoms with Crippen LogP contribution in [-0.4, -0.2) is 0 Å². The van der Waals surface area contributed by atoms with Crippen LogP contribution < -0.4 is 5.32 Å².